The predicted molar refractivity (Wildman–Crippen MR) is 78.3 cm³/mol. The van der Waals surface area contributed by atoms with Crippen molar-refractivity contribution in [2.75, 3.05) is 38.7 Å². The third kappa shape index (κ3) is 4.80. The van der Waals surface area contributed by atoms with E-state index in [1.54, 1.807) is 0 Å². The number of hydrogen-bond acceptors (Lipinski definition) is 4. The highest BCUT2D eigenvalue weighted by Crippen LogP contribution is 2.16. The Kier molecular flexibility index (Phi) is 5.61. The van der Waals surface area contributed by atoms with E-state index >= 15 is 0 Å². The van der Waals surface area contributed by atoms with E-state index < -0.39 is 0 Å². The molecule has 1 aliphatic heterocycles. The maximum Gasteiger partial charge on any atom is 0.0564 e. The van der Waals surface area contributed by atoms with E-state index in [2.05, 4.69) is 35.2 Å². The average molecular weight is 263 g/mol. The molecule has 1 aromatic heterocycles. The fraction of sp³-hybridized carbons (Fsp3) is 0.667. The van der Waals surface area contributed by atoms with Crippen LogP contribution >= 0.6 is 0 Å². The van der Waals surface area contributed by atoms with Crippen molar-refractivity contribution in [3.05, 3.63) is 24.0 Å². The smallest absolute Gasteiger partial charge is 0.0564 e. The molecular weight excluding hydrogens is 238 g/mol. The lowest BCUT2D eigenvalue weighted by molar-refractivity contribution is 0.0410. The molecule has 0 amide bonds. The van der Waals surface area contributed by atoms with Crippen molar-refractivity contribution >= 4 is 5.69 Å². The van der Waals surface area contributed by atoms with Crippen LogP contribution in [-0.4, -0.2) is 43.2 Å². The van der Waals surface area contributed by atoms with Crippen molar-refractivity contribution in [2.45, 2.75) is 26.3 Å². The monoisotopic (exact) mass is 263 g/mol. The molecule has 106 valence electrons. The van der Waals surface area contributed by atoms with Crippen LogP contribution in [0.15, 0.2) is 18.3 Å². The molecule has 0 saturated carbocycles. The van der Waals surface area contributed by atoms with Crippen molar-refractivity contribution in [1.82, 2.24) is 9.88 Å². The van der Waals surface area contributed by atoms with E-state index in [4.69, 9.17) is 4.74 Å². The molecule has 0 radical (unpaired) electrons. The zero-order valence-corrected chi connectivity index (χ0v) is 12.1. The van der Waals surface area contributed by atoms with Crippen LogP contribution in [0.2, 0.25) is 0 Å². The molecule has 1 aliphatic rings. The van der Waals surface area contributed by atoms with Crippen LogP contribution in [0.1, 0.15) is 25.5 Å². The first kappa shape index (κ1) is 14.3. The van der Waals surface area contributed by atoms with Gasteiger partial charge in [0.1, 0.15) is 0 Å². The Balaban J connectivity index is 1.83. The summed E-state index contributed by atoms with van der Waals surface area (Å²) in [6.45, 7) is 6.89. The van der Waals surface area contributed by atoms with Crippen LogP contribution in [0.4, 0.5) is 5.69 Å². The summed E-state index contributed by atoms with van der Waals surface area (Å²) in [6, 6.07) is 4.15. The van der Waals surface area contributed by atoms with Crippen molar-refractivity contribution in [1.29, 1.82) is 0 Å². The number of anilines is 1. The molecule has 0 bridgehead atoms. The van der Waals surface area contributed by atoms with Crippen molar-refractivity contribution in [3.63, 3.8) is 0 Å². The molecule has 1 atom stereocenters. The van der Waals surface area contributed by atoms with Gasteiger partial charge in [-0.05, 0) is 44.9 Å². The summed E-state index contributed by atoms with van der Waals surface area (Å²) < 4.78 is 5.53. The lowest BCUT2D eigenvalue weighted by Crippen LogP contribution is -2.30. The van der Waals surface area contributed by atoms with E-state index in [1.165, 1.54) is 12.8 Å². The van der Waals surface area contributed by atoms with Gasteiger partial charge >= 0.3 is 0 Å². The standard InChI is InChI=1S/C15H25N3O/c1-3-16-14-6-7-17-15(9-14)11-18(2)10-13-5-4-8-19-12-13/h6-7,9,13H,3-5,8,10-12H2,1-2H3,(H,16,17). The fourth-order valence-corrected chi connectivity index (χ4v) is 2.61. The van der Waals surface area contributed by atoms with Gasteiger partial charge in [-0.2, -0.15) is 0 Å². The van der Waals surface area contributed by atoms with Gasteiger partial charge in [0.25, 0.3) is 0 Å². The van der Waals surface area contributed by atoms with Gasteiger partial charge in [-0.15, -0.1) is 0 Å². The minimum atomic E-state index is 0.677. The maximum atomic E-state index is 5.53. The highest BCUT2D eigenvalue weighted by Gasteiger charge is 2.16. The molecule has 0 aromatic carbocycles. The predicted octanol–water partition coefficient (Wildman–Crippen LogP) is 2.37. The van der Waals surface area contributed by atoms with Crippen LogP contribution in [-0.2, 0) is 11.3 Å². The normalized spacial score (nSPS) is 19.6. The number of nitrogens with one attached hydrogen (secondary N) is 1. The second-order valence-corrected chi connectivity index (χ2v) is 5.35. The zero-order chi connectivity index (χ0) is 13.5. The van der Waals surface area contributed by atoms with Gasteiger partial charge in [0, 0.05) is 38.1 Å². The van der Waals surface area contributed by atoms with Gasteiger partial charge in [0.05, 0.1) is 12.3 Å². The first-order valence-electron chi connectivity index (χ1n) is 7.23. The average Bonchev–Trinajstić information content (AvgIpc) is 2.40. The topological polar surface area (TPSA) is 37.4 Å². The van der Waals surface area contributed by atoms with E-state index in [-0.39, 0.29) is 0 Å². The van der Waals surface area contributed by atoms with E-state index in [0.29, 0.717) is 5.92 Å². The first-order valence-corrected chi connectivity index (χ1v) is 7.23. The second kappa shape index (κ2) is 7.46. The molecule has 1 unspecified atom stereocenters. The lowest BCUT2D eigenvalue weighted by Gasteiger charge is -2.26. The molecule has 4 nitrogen and oxygen atoms in total. The van der Waals surface area contributed by atoms with Crippen LogP contribution in [0, 0.1) is 5.92 Å². The van der Waals surface area contributed by atoms with Crippen LogP contribution < -0.4 is 5.32 Å². The summed E-state index contributed by atoms with van der Waals surface area (Å²) in [7, 11) is 2.16. The second-order valence-electron chi connectivity index (χ2n) is 5.35. The highest BCUT2D eigenvalue weighted by molar-refractivity contribution is 5.42. The van der Waals surface area contributed by atoms with Crippen molar-refractivity contribution in [2.24, 2.45) is 5.92 Å². The summed E-state index contributed by atoms with van der Waals surface area (Å²) in [5.74, 6) is 0.677. The quantitative estimate of drug-likeness (QED) is 0.855. The molecule has 1 fully saturated rings. The summed E-state index contributed by atoms with van der Waals surface area (Å²) >= 11 is 0. The largest absolute Gasteiger partial charge is 0.385 e. The van der Waals surface area contributed by atoms with E-state index in [9.17, 15) is 0 Å². The zero-order valence-electron chi connectivity index (χ0n) is 12.1. The van der Waals surface area contributed by atoms with E-state index in [0.717, 1.165) is 44.2 Å². The van der Waals surface area contributed by atoms with Gasteiger partial charge in [-0.25, -0.2) is 0 Å². The first-order chi connectivity index (χ1) is 9.28. The number of ether oxygens (including phenoxy) is 1. The van der Waals surface area contributed by atoms with Crippen LogP contribution in [0.3, 0.4) is 0 Å². The number of aromatic nitrogens is 1. The summed E-state index contributed by atoms with van der Waals surface area (Å²) in [4.78, 5) is 6.79. The maximum absolute atomic E-state index is 5.53. The SMILES string of the molecule is CCNc1ccnc(CN(C)CC2CCCOC2)c1. The molecule has 0 spiro atoms. The Morgan fingerprint density at radius 2 is 2.42 bits per heavy atom. The number of rotatable bonds is 6. The Hall–Kier alpha value is -1.13. The minimum absolute atomic E-state index is 0.677. The summed E-state index contributed by atoms with van der Waals surface area (Å²) in [5.41, 5.74) is 2.28. The van der Waals surface area contributed by atoms with Crippen molar-refractivity contribution < 1.29 is 4.74 Å². The number of nitrogens with zero attached hydrogens (tertiary/aromatic N) is 2. The highest BCUT2D eigenvalue weighted by atomic mass is 16.5. The molecule has 0 aliphatic carbocycles. The number of hydrogen-bond donors (Lipinski definition) is 1. The van der Waals surface area contributed by atoms with Gasteiger partial charge in [-0.3, -0.25) is 4.98 Å². The Bertz CT molecular complexity index is 377. The molecule has 2 rings (SSSR count). The third-order valence-corrected chi connectivity index (χ3v) is 3.45. The fourth-order valence-electron chi connectivity index (χ4n) is 2.61. The Labute approximate surface area is 116 Å². The number of pyridine rings is 1. The summed E-state index contributed by atoms with van der Waals surface area (Å²) in [6.07, 6.45) is 4.37. The Morgan fingerprint density at radius 1 is 1.53 bits per heavy atom. The lowest BCUT2D eigenvalue weighted by atomic mass is 10.0. The molecule has 2 heterocycles. The van der Waals surface area contributed by atoms with E-state index in [1.807, 2.05) is 12.3 Å². The third-order valence-electron chi connectivity index (χ3n) is 3.45. The van der Waals surface area contributed by atoms with Gasteiger partial charge in [0.15, 0.2) is 0 Å². The Morgan fingerprint density at radius 3 is 3.16 bits per heavy atom. The molecular formula is C15H25N3O. The van der Waals surface area contributed by atoms with Crippen molar-refractivity contribution in [3.8, 4) is 0 Å². The summed E-state index contributed by atoms with van der Waals surface area (Å²) in [5, 5.41) is 3.32. The molecule has 19 heavy (non-hydrogen) atoms. The van der Waals surface area contributed by atoms with Crippen LogP contribution in [0.5, 0.6) is 0 Å². The van der Waals surface area contributed by atoms with Gasteiger partial charge < -0.3 is 15.0 Å². The van der Waals surface area contributed by atoms with Gasteiger partial charge in [0.2, 0.25) is 0 Å². The van der Waals surface area contributed by atoms with Crippen LogP contribution in [0.25, 0.3) is 0 Å². The molecule has 4 heteroatoms. The van der Waals surface area contributed by atoms with Gasteiger partial charge in [-0.1, -0.05) is 0 Å². The minimum Gasteiger partial charge on any atom is -0.385 e. The molecule has 1 N–H and O–H groups in total. The molecule has 1 saturated heterocycles. The molecule has 1 aromatic rings.